The van der Waals surface area contributed by atoms with Gasteiger partial charge in [0.1, 0.15) is 5.69 Å². The van der Waals surface area contributed by atoms with Gasteiger partial charge in [-0.05, 0) is 41.1 Å². The number of benzene rings is 1. The average molecular weight is 320 g/mol. The Kier molecular flexibility index (Phi) is 3.29. The zero-order valence-electron chi connectivity index (χ0n) is 8.76. The average Bonchev–Trinajstić information content (AvgIpc) is 2.46. The summed E-state index contributed by atoms with van der Waals surface area (Å²) in [5.74, 6) is 0. The number of halogens is 3. The summed E-state index contributed by atoms with van der Waals surface area (Å²) in [7, 11) is 1.90. The number of aromatic nitrogens is 2. The lowest BCUT2D eigenvalue weighted by molar-refractivity contribution is 0.742. The van der Waals surface area contributed by atoms with Gasteiger partial charge >= 0.3 is 0 Å². The smallest absolute Gasteiger partial charge is 0.108 e. The molecule has 0 aliphatic rings. The van der Waals surface area contributed by atoms with Gasteiger partial charge in [-0.2, -0.15) is 5.10 Å². The highest BCUT2D eigenvalue weighted by Gasteiger charge is 2.14. The Bertz CT molecular complexity index is 549. The highest BCUT2D eigenvalue weighted by Crippen LogP contribution is 2.35. The fraction of sp³-hybridized carbons (Fsp3) is 0.182. The lowest BCUT2D eigenvalue weighted by Gasteiger charge is -2.01. The molecule has 84 valence electrons. The molecule has 0 radical (unpaired) electrons. The molecule has 1 aromatic heterocycles. The summed E-state index contributed by atoms with van der Waals surface area (Å²) < 4.78 is 2.77. The van der Waals surface area contributed by atoms with Gasteiger partial charge in [-0.1, -0.05) is 23.2 Å². The Hall–Kier alpha value is -0.510. The molecule has 1 aromatic carbocycles. The van der Waals surface area contributed by atoms with Crippen LogP contribution in [-0.2, 0) is 7.05 Å². The fourth-order valence-corrected chi connectivity index (χ4v) is 2.48. The maximum absolute atomic E-state index is 6.14. The minimum absolute atomic E-state index is 0.603. The lowest BCUT2D eigenvalue weighted by Crippen LogP contribution is -1.92. The van der Waals surface area contributed by atoms with E-state index in [1.54, 1.807) is 12.1 Å². The van der Waals surface area contributed by atoms with Crippen LogP contribution in [0.3, 0.4) is 0 Å². The highest BCUT2D eigenvalue weighted by molar-refractivity contribution is 9.10. The SMILES string of the molecule is Cc1c(Br)c(-c2ccc(Cl)cc2Cl)nn1C. The Labute approximate surface area is 112 Å². The van der Waals surface area contributed by atoms with E-state index in [1.165, 1.54) is 0 Å². The first-order chi connectivity index (χ1) is 7.50. The molecule has 0 aliphatic carbocycles. The van der Waals surface area contributed by atoms with Crippen LogP contribution in [0.25, 0.3) is 11.3 Å². The van der Waals surface area contributed by atoms with Crippen molar-refractivity contribution in [1.29, 1.82) is 0 Å². The van der Waals surface area contributed by atoms with Crippen molar-refractivity contribution in [1.82, 2.24) is 9.78 Å². The van der Waals surface area contributed by atoms with Crippen LogP contribution >= 0.6 is 39.1 Å². The minimum Gasteiger partial charge on any atom is -0.271 e. The van der Waals surface area contributed by atoms with E-state index in [4.69, 9.17) is 23.2 Å². The van der Waals surface area contributed by atoms with E-state index in [0.717, 1.165) is 21.4 Å². The first-order valence-corrected chi connectivity index (χ1v) is 6.20. The van der Waals surface area contributed by atoms with Crippen molar-refractivity contribution in [2.45, 2.75) is 6.92 Å². The lowest BCUT2D eigenvalue weighted by atomic mass is 10.1. The number of aryl methyl sites for hydroxylation is 1. The monoisotopic (exact) mass is 318 g/mol. The minimum atomic E-state index is 0.603. The Balaban J connectivity index is 2.63. The summed E-state index contributed by atoms with van der Waals surface area (Å²) in [4.78, 5) is 0. The summed E-state index contributed by atoms with van der Waals surface area (Å²) >= 11 is 15.5. The molecule has 0 aliphatic heterocycles. The molecule has 0 unspecified atom stereocenters. The fourth-order valence-electron chi connectivity index (χ4n) is 1.44. The Morgan fingerprint density at radius 2 is 2.00 bits per heavy atom. The van der Waals surface area contributed by atoms with Crippen LogP contribution in [0, 0.1) is 6.92 Å². The Morgan fingerprint density at radius 1 is 1.31 bits per heavy atom. The molecular weight excluding hydrogens is 311 g/mol. The van der Waals surface area contributed by atoms with Gasteiger partial charge in [0.15, 0.2) is 0 Å². The van der Waals surface area contributed by atoms with E-state index in [0.29, 0.717) is 10.0 Å². The van der Waals surface area contributed by atoms with Crippen LogP contribution in [0.1, 0.15) is 5.69 Å². The van der Waals surface area contributed by atoms with Crippen LogP contribution in [0.4, 0.5) is 0 Å². The second kappa shape index (κ2) is 4.40. The summed E-state index contributed by atoms with van der Waals surface area (Å²) in [5, 5.41) is 5.64. The van der Waals surface area contributed by atoms with Crippen molar-refractivity contribution in [2.75, 3.05) is 0 Å². The second-order valence-corrected chi connectivity index (χ2v) is 5.13. The number of nitrogens with zero attached hydrogens (tertiary/aromatic N) is 2. The standard InChI is InChI=1S/C11H9BrCl2N2/c1-6-10(12)11(15-16(6)2)8-4-3-7(13)5-9(8)14/h3-5H,1-2H3. The summed E-state index contributed by atoms with van der Waals surface area (Å²) in [6, 6.07) is 5.39. The predicted octanol–water partition coefficient (Wildman–Crippen LogP) is 4.46. The van der Waals surface area contributed by atoms with Crippen molar-refractivity contribution < 1.29 is 0 Å². The van der Waals surface area contributed by atoms with Crippen molar-refractivity contribution in [3.8, 4) is 11.3 Å². The highest BCUT2D eigenvalue weighted by atomic mass is 79.9. The van der Waals surface area contributed by atoms with Crippen molar-refractivity contribution >= 4 is 39.1 Å². The van der Waals surface area contributed by atoms with E-state index in [1.807, 2.05) is 24.7 Å². The molecule has 0 atom stereocenters. The predicted molar refractivity (Wildman–Crippen MR) is 71.1 cm³/mol. The van der Waals surface area contributed by atoms with E-state index in [-0.39, 0.29) is 0 Å². The molecule has 5 heteroatoms. The van der Waals surface area contributed by atoms with Gasteiger partial charge in [0.05, 0.1) is 9.50 Å². The number of rotatable bonds is 1. The topological polar surface area (TPSA) is 17.8 Å². The zero-order chi connectivity index (χ0) is 11.9. The first-order valence-electron chi connectivity index (χ1n) is 4.65. The number of hydrogen-bond donors (Lipinski definition) is 0. The third kappa shape index (κ3) is 1.99. The largest absolute Gasteiger partial charge is 0.271 e. The summed E-state index contributed by atoms with van der Waals surface area (Å²) in [5.41, 5.74) is 2.77. The summed E-state index contributed by atoms with van der Waals surface area (Å²) in [6.45, 7) is 1.99. The van der Waals surface area contributed by atoms with Gasteiger partial charge in [0, 0.05) is 23.3 Å². The van der Waals surface area contributed by atoms with Gasteiger partial charge in [0.2, 0.25) is 0 Å². The normalized spacial score (nSPS) is 10.8. The van der Waals surface area contributed by atoms with Gasteiger partial charge in [0.25, 0.3) is 0 Å². The van der Waals surface area contributed by atoms with Gasteiger partial charge < -0.3 is 0 Å². The van der Waals surface area contributed by atoms with Crippen molar-refractivity contribution in [3.63, 3.8) is 0 Å². The van der Waals surface area contributed by atoms with Gasteiger partial charge in [-0.15, -0.1) is 0 Å². The number of hydrogen-bond acceptors (Lipinski definition) is 1. The summed E-state index contributed by atoms with van der Waals surface area (Å²) in [6.07, 6.45) is 0. The van der Waals surface area contributed by atoms with Crippen molar-refractivity contribution in [2.24, 2.45) is 7.05 Å². The van der Waals surface area contributed by atoms with E-state index in [9.17, 15) is 0 Å². The van der Waals surface area contributed by atoms with E-state index in [2.05, 4.69) is 21.0 Å². The van der Waals surface area contributed by atoms with E-state index >= 15 is 0 Å². The molecule has 2 aromatic rings. The molecule has 2 rings (SSSR count). The van der Waals surface area contributed by atoms with Crippen LogP contribution in [0.5, 0.6) is 0 Å². The quantitative estimate of drug-likeness (QED) is 0.758. The third-order valence-corrected chi connectivity index (χ3v) is 3.94. The van der Waals surface area contributed by atoms with Crippen LogP contribution in [0.15, 0.2) is 22.7 Å². The molecule has 2 nitrogen and oxygen atoms in total. The van der Waals surface area contributed by atoms with Gasteiger partial charge in [-0.25, -0.2) is 0 Å². The maximum Gasteiger partial charge on any atom is 0.108 e. The van der Waals surface area contributed by atoms with E-state index < -0.39 is 0 Å². The molecule has 1 heterocycles. The zero-order valence-corrected chi connectivity index (χ0v) is 11.9. The molecule has 0 bridgehead atoms. The molecule has 0 fully saturated rings. The molecule has 0 amide bonds. The molecule has 0 N–H and O–H groups in total. The Morgan fingerprint density at radius 3 is 2.50 bits per heavy atom. The van der Waals surface area contributed by atoms with Crippen LogP contribution in [-0.4, -0.2) is 9.78 Å². The molecule has 0 saturated carbocycles. The second-order valence-electron chi connectivity index (χ2n) is 3.50. The van der Waals surface area contributed by atoms with Crippen molar-refractivity contribution in [3.05, 3.63) is 38.4 Å². The third-order valence-electron chi connectivity index (χ3n) is 2.45. The van der Waals surface area contributed by atoms with Crippen LogP contribution < -0.4 is 0 Å². The molecule has 0 saturated heterocycles. The molecular formula is C11H9BrCl2N2. The molecule has 0 spiro atoms. The molecule has 16 heavy (non-hydrogen) atoms. The first kappa shape index (κ1) is 12.0. The van der Waals surface area contributed by atoms with Gasteiger partial charge in [-0.3, -0.25) is 4.68 Å². The maximum atomic E-state index is 6.14. The van der Waals surface area contributed by atoms with Crippen LogP contribution in [0.2, 0.25) is 10.0 Å².